The topological polar surface area (TPSA) is 48.6 Å². The zero-order chi connectivity index (χ0) is 11.9. The fourth-order valence-electron chi connectivity index (χ4n) is 4.10. The highest BCUT2D eigenvalue weighted by atomic mass is 16.5. The Kier molecular flexibility index (Phi) is 3.05. The molecule has 5 atom stereocenters. The first-order valence-corrected chi connectivity index (χ1v) is 7.46. The lowest BCUT2D eigenvalue weighted by Gasteiger charge is -2.38. The van der Waals surface area contributed by atoms with Gasteiger partial charge in [0.25, 0.3) is 0 Å². The van der Waals surface area contributed by atoms with Gasteiger partial charge >= 0.3 is 0 Å². The monoisotopic (exact) mass is 252 g/mol. The number of likely N-dealkylation sites (tertiary alicyclic amines) is 1. The highest BCUT2D eigenvalue weighted by Crippen LogP contribution is 2.27. The molecule has 5 heteroatoms. The Labute approximate surface area is 109 Å². The molecule has 3 N–H and O–H groups in total. The summed E-state index contributed by atoms with van der Waals surface area (Å²) in [7, 11) is 0. The van der Waals surface area contributed by atoms with Gasteiger partial charge in [0.1, 0.15) is 0 Å². The van der Waals surface area contributed by atoms with Crippen LogP contribution in [-0.2, 0) is 4.74 Å². The number of rotatable bonds is 1. The van der Waals surface area contributed by atoms with Gasteiger partial charge in [-0.25, -0.2) is 0 Å². The van der Waals surface area contributed by atoms with Crippen molar-refractivity contribution < 1.29 is 4.74 Å². The van der Waals surface area contributed by atoms with E-state index in [1.54, 1.807) is 0 Å². The van der Waals surface area contributed by atoms with E-state index in [-0.39, 0.29) is 0 Å². The van der Waals surface area contributed by atoms with E-state index >= 15 is 0 Å². The molecular weight excluding hydrogens is 228 g/mol. The Hall–Kier alpha value is -0.200. The van der Waals surface area contributed by atoms with E-state index in [1.807, 2.05) is 0 Å². The van der Waals surface area contributed by atoms with Crippen LogP contribution in [0.2, 0.25) is 0 Å². The molecule has 0 aromatic carbocycles. The van der Waals surface area contributed by atoms with Crippen molar-refractivity contribution in [1.29, 1.82) is 0 Å². The van der Waals surface area contributed by atoms with E-state index in [0.717, 1.165) is 38.7 Å². The molecule has 4 heterocycles. The number of hydrogen-bond donors (Lipinski definition) is 3. The van der Waals surface area contributed by atoms with Crippen molar-refractivity contribution in [1.82, 2.24) is 20.9 Å². The zero-order valence-corrected chi connectivity index (χ0v) is 10.9. The average Bonchev–Trinajstić information content (AvgIpc) is 3.04. The van der Waals surface area contributed by atoms with Crippen molar-refractivity contribution in [3.63, 3.8) is 0 Å². The van der Waals surface area contributed by atoms with E-state index in [1.165, 1.54) is 19.4 Å². The van der Waals surface area contributed by atoms with Gasteiger partial charge in [0.2, 0.25) is 0 Å². The van der Waals surface area contributed by atoms with Crippen LogP contribution in [0, 0.1) is 5.92 Å². The Morgan fingerprint density at radius 2 is 2.06 bits per heavy atom. The minimum atomic E-state index is 0.417. The van der Waals surface area contributed by atoms with Crippen molar-refractivity contribution >= 4 is 0 Å². The van der Waals surface area contributed by atoms with Crippen molar-refractivity contribution in [3.8, 4) is 0 Å². The molecule has 18 heavy (non-hydrogen) atoms. The number of ether oxygens (including phenoxy) is 1. The highest BCUT2D eigenvalue weighted by Gasteiger charge is 2.41. The maximum absolute atomic E-state index is 5.87. The fraction of sp³-hybridized carbons (Fsp3) is 1.00. The molecule has 0 spiro atoms. The predicted molar refractivity (Wildman–Crippen MR) is 69.4 cm³/mol. The first-order chi connectivity index (χ1) is 8.90. The standard InChI is InChI=1S/C13H24N4O/c1-2-13(16-10-6-14-5-9(1)10)17-7-11-12(8-17)18-4-3-15-11/h9-16H,1-8H2. The summed E-state index contributed by atoms with van der Waals surface area (Å²) in [5.74, 6) is 0.862. The van der Waals surface area contributed by atoms with Crippen LogP contribution < -0.4 is 16.0 Å². The summed E-state index contributed by atoms with van der Waals surface area (Å²) in [6.45, 7) is 6.49. The number of hydrogen-bond acceptors (Lipinski definition) is 5. The van der Waals surface area contributed by atoms with Crippen molar-refractivity contribution in [2.45, 2.75) is 37.2 Å². The van der Waals surface area contributed by atoms with E-state index < -0.39 is 0 Å². The normalized spacial score (nSPS) is 49.0. The minimum Gasteiger partial charge on any atom is -0.374 e. The summed E-state index contributed by atoms with van der Waals surface area (Å²) in [5, 5.41) is 10.9. The Balaban J connectivity index is 1.39. The third-order valence-corrected chi connectivity index (χ3v) is 5.13. The number of nitrogens with one attached hydrogen (secondary N) is 3. The van der Waals surface area contributed by atoms with Crippen molar-refractivity contribution in [2.24, 2.45) is 5.92 Å². The van der Waals surface area contributed by atoms with E-state index in [0.29, 0.717) is 24.4 Å². The quantitative estimate of drug-likeness (QED) is 0.556. The van der Waals surface area contributed by atoms with Crippen LogP contribution in [0.3, 0.4) is 0 Å². The number of morpholine rings is 1. The lowest BCUT2D eigenvalue weighted by Crippen LogP contribution is -2.55. The van der Waals surface area contributed by atoms with Crippen molar-refractivity contribution in [2.75, 3.05) is 39.3 Å². The van der Waals surface area contributed by atoms with Gasteiger partial charge in [0.05, 0.1) is 18.9 Å². The lowest BCUT2D eigenvalue weighted by atomic mass is 9.92. The summed E-state index contributed by atoms with van der Waals surface area (Å²) < 4.78 is 5.87. The molecule has 4 rings (SSSR count). The summed E-state index contributed by atoms with van der Waals surface area (Å²) in [4.78, 5) is 2.60. The summed E-state index contributed by atoms with van der Waals surface area (Å²) in [5.41, 5.74) is 0. The van der Waals surface area contributed by atoms with Gasteiger partial charge in [-0.1, -0.05) is 0 Å². The third-order valence-electron chi connectivity index (χ3n) is 5.13. The van der Waals surface area contributed by atoms with E-state index in [2.05, 4.69) is 20.9 Å². The van der Waals surface area contributed by atoms with Crippen LogP contribution in [0.4, 0.5) is 0 Å². The molecular formula is C13H24N4O. The SMILES string of the molecule is C1COC2CN(C3CCC4CNCC4N3)CC2N1. The summed E-state index contributed by atoms with van der Waals surface area (Å²) in [6.07, 6.45) is 3.65. The molecule has 0 aliphatic carbocycles. The zero-order valence-electron chi connectivity index (χ0n) is 10.9. The van der Waals surface area contributed by atoms with Crippen LogP contribution in [-0.4, -0.2) is 68.6 Å². The van der Waals surface area contributed by atoms with Gasteiger partial charge in [-0.3, -0.25) is 10.2 Å². The minimum absolute atomic E-state index is 0.417. The molecule has 5 nitrogen and oxygen atoms in total. The van der Waals surface area contributed by atoms with Gasteiger partial charge in [0, 0.05) is 38.3 Å². The lowest BCUT2D eigenvalue weighted by molar-refractivity contribution is 0.0141. The second-order valence-electron chi connectivity index (χ2n) is 6.21. The molecule has 0 aromatic rings. The average molecular weight is 252 g/mol. The van der Waals surface area contributed by atoms with Crippen LogP contribution in [0.25, 0.3) is 0 Å². The predicted octanol–water partition coefficient (Wildman–Crippen LogP) is -1.04. The molecule has 4 aliphatic heterocycles. The highest BCUT2D eigenvalue weighted by molar-refractivity contribution is 4.98. The molecule has 0 amide bonds. The van der Waals surface area contributed by atoms with Crippen LogP contribution in [0.15, 0.2) is 0 Å². The molecule has 102 valence electrons. The third kappa shape index (κ3) is 1.98. The number of nitrogens with zero attached hydrogens (tertiary/aromatic N) is 1. The summed E-state index contributed by atoms with van der Waals surface area (Å²) >= 11 is 0. The largest absolute Gasteiger partial charge is 0.374 e. The van der Waals surface area contributed by atoms with E-state index in [4.69, 9.17) is 4.74 Å². The maximum atomic E-state index is 5.87. The fourth-order valence-corrected chi connectivity index (χ4v) is 4.10. The van der Waals surface area contributed by atoms with Gasteiger partial charge in [-0.05, 0) is 25.3 Å². The van der Waals surface area contributed by atoms with Gasteiger partial charge in [-0.2, -0.15) is 0 Å². The molecule has 0 radical (unpaired) electrons. The molecule has 4 fully saturated rings. The van der Waals surface area contributed by atoms with Gasteiger partial charge in [0.15, 0.2) is 0 Å². The molecule has 4 saturated heterocycles. The molecule has 0 saturated carbocycles. The Morgan fingerprint density at radius 3 is 3.00 bits per heavy atom. The summed E-state index contributed by atoms with van der Waals surface area (Å²) in [6, 6.07) is 1.25. The smallest absolute Gasteiger partial charge is 0.0868 e. The maximum Gasteiger partial charge on any atom is 0.0868 e. The van der Waals surface area contributed by atoms with Crippen LogP contribution >= 0.6 is 0 Å². The van der Waals surface area contributed by atoms with Gasteiger partial charge in [-0.15, -0.1) is 0 Å². The van der Waals surface area contributed by atoms with Crippen LogP contribution in [0.1, 0.15) is 12.8 Å². The molecule has 0 aromatic heterocycles. The molecule has 0 bridgehead atoms. The Morgan fingerprint density at radius 1 is 1.06 bits per heavy atom. The Bertz CT molecular complexity index is 299. The second kappa shape index (κ2) is 4.72. The first-order valence-electron chi connectivity index (χ1n) is 7.46. The van der Waals surface area contributed by atoms with Gasteiger partial charge < -0.3 is 15.4 Å². The van der Waals surface area contributed by atoms with E-state index in [9.17, 15) is 0 Å². The number of piperidine rings is 1. The first kappa shape index (κ1) is 11.6. The molecule has 4 aliphatic rings. The number of fused-ring (bicyclic) bond motifs is 2. The van der Waals surface area contributed by atoms with Crippen LogP contribution in [0.5, 0.6) is 0 Å². The van der Waals surface area contributed by atoms with Crippen molar-refractivity contribution in [3.05, 3.63) is 0 Å². The molecule has 5 unspecified atom stereocenters. The second-order valence-corrected chi connectivity index (χ2v) is 6.21.